The molecule has 22 heavy (non-hydrogen) atoms. The second-order valence-electron chi connectivity index (χ2n) is 6.49. The molecule has 7 heteroatoms. The van der Waals surface area contributed by atoms with Gasteiger partial charge in [0.15, 0.2) is 8.87 Å². The van der Waals surface area contributed by atoms with E-state index in [4.69, 9.17) is 0 Å². The van der Waals surface area contributed by atoms with Crippen LogP contribution in [0.2, 0.25) is 0 Å². The van der Waals surface area contributed by atoms with Gasteiger partial charge in [-0.1, -0.05) is 6.07 Å². The summed E-state index contributed by atoms with van der Waals surface area (Å²) in [6.45, 7) is 7.65. The van der Waals surface area contributed by atoms with Crippen molar-refractivity contribution in [2.75, 3.05) is 12.0 Å². The maximum absolute atomic E-state index is 11.5. The third-order valence-electron chi connectivity index (χ3n) is 4.08. The van der Waals surface area contributed by atoms with Crippen molar-refractivity contribution in [3.8, 4) is 0 Å². The van der Waals surface area contributed by atoms with Gasteiger partial charge in [-0.25, -0.2) is 8.42 Å². The Morgan fingerprint density at radius 2 is 1.91 bits per heavy atom. The molecule has 0 aliphatic carbocycles. The molecule has 1 aliphatic heterocycles. The molecular weight excluding hydrogens is 320 g/mol. The quantitative estimate of drug-likeness (QED) is 0.849. The first-order valence-corrected chi connectivity index (χ1v) is 10.4. The van der Waals surface area contributed by atoms with Crippen molar-refractivity contribution in [1.82, 2.24) is 10.0 Å². The molecule has 0 unspecified atom stereocenters. The Balaban J connectivity index is 2.60. The first-order valence-electron chi connectivity index (χ1n) is 6.96. The van der Waals surface area contributed by atoms with Gasteiger partial charge in [0, 0.05) is 24.4 Å². The van der Waals surface area contributed by atoms with E-state index in [2.05, 4.69) is 4.98 Å². The van der Waals surface area contributed by atoms with Gasteiger partial charge in [0.05, 0.1) is 11.1 Å². The highest BCUT2D eigenvalue weighted by atomic mass is 33.1. The van der Waals surface area contributed by atoms with Crippen molar-refractivity contribution >= 4 is 25.2 Å². The Morgan fingerprint density at radius 3 is 2.41 bits per heavy atom. The number of nitrogens with zero attached hydrogens (tertiary/aromatic N) is 2. The molecule has 2 rings (SSSR count). The minimum Gasteiger partial charge on any atom is -0.312 e. The second-order valence-corrected chi connectivity index (χ2v) is 10.9. The minimum atomic E-state index is -3.16. The predicted molar refractivity (Wildman–Crippen MR) is 90.2 cm³/mol. The zero-order valence-electron chi connectivity index (χ0n) is 13.5. The van der Waals surface area contributed by atoms with Crippen LogP contribution >= 0.6 is 10.8 Å². The number of hydrogen-bond acceptors (Lipinski definition) is 6. The van der Waals surface area contributed by atoms with Crippen LogP contribution in [0.1, 0.15) is 33.3 Å². The van der Waals surface area contributed by atoms with Crippen LogP contribution in [0.3, 0.4) is 0 Å². The molecular formula is C15H22N2O3S2. The molecule has 0 saturated carbocycles. The number of aromatic nitrogens is 1. The first kappa shape index (κ1) is 17.5. The van der Waals surface area contributed by atoms with E-state index in [0.29, 0.717) is 5.75 Å². The Bertz CT molecular complexity index is 695. The molecule has 1 aromatic rings. The van der Waals surface area contributed by atoms with Crippen molar-refractivity contribution in [2.24, 2.45) is 0 Å². The van der Waals surface area contributed by atoms with E-state index in [0.717, 1.165) is 27.5 Å². The summed E-state index contributed by atoms with van der Waals surface area (Å²) in [5, 5.41) is 11.9. The van der Waals surface area contributed by atoms with Gasteiger partial charge in [-0.2, -0.15) is 5.06 Å². The van der Waals surface area contributed by atoms with Gasteiger partial charge in [0.25, 0.3) is 0 Å². The fraction of sp³-hybridized carbons (Fsp3) is 0.533. The maximum Gasteiger partial charge on any atom is 0.199 e. The lowest BCUT2D eigenvalue weighted by molar-refractivity contribution is -0.183. The molecule has 0 aromatic carbocycles. The molecule has 5 nitrogen and oxygen atoms in total. The molecule has 0 fully saturated rings. The number of pyridine rings is 1. The molecule has 0 bridgehead atoms. The van der Waals surface area contributed by atoms with E-state index < -0.39 is 19.9 Å². The monoisotopic (exact) mass is 342 g/mol. The topological polar surface area (TPSA) is 70.5 Å². The summed E-state index contributed by atoms with van der Waals surface area (Å²) in [5.74, 6) is 0.316. The molecule has 0 radical (unpaired) electrons. The highest BCUT2D eigenvalue weighted by molar-refractivity contribution is 8.71. The summed E-state index contributed by atoms with van der Waals surface area (Å²) in [6.07, 6.45) is 4.64. The maximum atomic E-state index is 11.5. The molecule has 0 spiro atoms. The molecule has 1 aliphatic rings. The third-order valence-corrected chi connectivity index (χ3v) is 6.55. The lowest BCUT2D eigenvalue weighted by Gasteiger charge is -2.37. The van der Waals surface area contributed by atoms with Crippen molar-refractivity contribution in [3.63, 3.8) is 0 Å². The van der Waals surface area contributed by atoms with Crippen LogP contribution in [0.4, 0.5) is 0 Å². The summed E-state index contributed by atoms with van der Waals surface area (Å²) in [6, 6.07) is 3.78. The first-order chi connectivity index (χ1) is 9.98. The van der Waals surface area contributed by atoms with Crippen molar-refractivity contribution in [3.05, 3.63) is 35.7 Å². The summed E-state index contributed by atoms with van der Waals surface area (Å²) in [5.41, 5.74) is 1.47. The summed E-state index contributed by atoms with van der Waals surface area (Å²) < 4.78 is 23.1. The van der Waals surface area contributed by atoms with Gasteiger partial charge in [0.2, 0.25) is 0 Å². The Labute approximate surface area is 135 Å². The number of hydroxylamine groups is 2. The zero-order valence-corrected chi connectivity index (χ0v) is 15.1. The average Bonchev–Trinajstić information content (AvgIpc) is 2.54. The third kappa shape index (κ3) is 3.08. The van der Waals surface area contributed by atoms with Gasteiger partial charge < -0.3 is 5.21 Å². The Hall–Kier alpha value is -0.890. The zero-order chi connectivity index (χ0) is 16.8. The highest BCUT2D eigenvalue weighted by Crippen LogP contribution is 2.49. The molecule has 0 amide bonds. The molecule has 0 saturated heterocycles. The lowest BCUT2D eigenvalue weighted by atomic mass is 9.87. The number of hydrogen-bond donors (Lipinski definition) is 1. The van der Waals surface area contributed by atoms with Crippen LogP contribution in [0.5, 0.6) is 0 Å². The smallest absolute Gasteiger partial charge is 0.199 e. The average molecular weight is 342 g/mol. The summed E-state index contributed by atoms with van der Waals surface area (Å²) >= 11 is 0. The lowest BCUT2D eigenvalue weighted by Crippen LogP contribution is -2.48. The van der Waals surface area contributed by atoms with E-state index in [1.54, 1.807) is 12.4 Å². The Morgan fingerprint density at radius 1 is 1.27 bits per heavy atom. The summed E-state index contributed by atoms with van der Waals surface area (Å²) in [4.78, 5) is 4.15. The van der Waals surface area contributed by atoms with Crippen LogP contribution < -0.4 is 0 Å². The van der Waals surface area contributed by atoms with Gasteiger partial charge in [-0.15, -0.1) is 0 Å². The molecule has 0 atom stereocenters. The fourth-order valence-electron chi connectivity index (χ4n) is 3.06. The van der Waals surface area contributed by atoms with Gasteiger partial charge in [-0.05, 0) is 61.3 Å². The number of rotatable bonds is 4. The van der Waals surface area contributed by atoms with Gasteiger partial charge >= 0.3 is 0 Å². The van der Waals surface area contributed by atoms with Crippen LogP contribution in [-0.4, -0.2) is 46.8 Å². The van der Waals surface area contributed by atoms with Crippen LogP contribution in [0, 0.1) is 0 Å². The van der Waals surface area contributed by atoms with Crippen LogP contribution in [-0.2, 0) is 8.87 Å². The SMILES string of the molecule is CC1(C)C(CSS(C)(=O)=O)=C(c2cccnc2)C(C)(C)N1O. The van der Waals surface area contributed by atoms with Crippen molar-refractivity contribution in [1.29, 1.82) is 0 Å². The minimum absolute atomic E-state index is 0.316. The second kappa shape index (κ2) is 5.63. The van der Waals surface area contributed by atoms with E-state index in [1.165, 1.54) is 11.3 Å². The normalized spacial score (nSPS) is 21.4. The van der Waals surface area contributed by atoms with E-state index in [-0.39, 0.29) is 0 Å². The molecule has 122 valence electrons. The molecule has 1 aromatic heterocycles. The Kier molecular flexibility index (Phi) is 4.47. The fourth-order valence-corrected chi connectivity index (χ4v) is 4.89. The summed E-state index contributed by atoms with van der Waals surface area (Å²) in [7, 11) is -2.26. The van der Waals surface area contributed by atoms with Crippen LogP contribution in [0.15, 0.2) is 30.1 Å². The van der Waals surface area contributed by atoms with Crippen molar-refractivity contribution in [2.45, 2.75) is 38.8 Å². The molecule has 1 N–H and O–H groups in total. The van der Waals surface area contributed by atoms with Crippen molar-refractivity contribution < 1.29 is 13.6 Å². The van der Waals surface area contributed by atoms with Crippen LogP contribution in [0.25, 0.3) is 5.57 Å². The van der Waals surface area contributed by atoms with Gasteiger partial charge in [0.1, 0.15) is 0 Å². The predicted octanol–water partition coefficient (Wildman–Crippen LogP) is 2.79. The van der Waals surface area contributed by atoms with Gasteiger partial charge in [-0.3, -0.25) is 4.98 Å². The van der Waals surface area contributed by atoms with E-state index >= 15 is 0 Å². The van der Waals surface area contributed by atoms with E-state index in [1.807, 2.05) is 39.8 Å². The highest BCUT2D eigenvalue weighted by Gasteiger charge is 2.50. The standard InChI is InChI=1S/C15H22N2O3S2/c1-14(2)12(10-21-22(5,19)20)13(15(3,4)17(14)18)11-7-6-8-16-9-11/h6-9,18H,10H2,1-5H3. The largest absolute Gasteiger partial charge is 0.312 e. The van der Waals surface area contributed by atoms with E-state index in [9.17, 15) is 13.6 Å². The molecule has 2 heterocycles.